The van der Waals surface area contributed by atoms with Crippen molar-refractivity contribution in [2.45, 2.75) is 11.8 Å². The van der Waals surface area contributed by atoms with E-state index in [1.165, 1.54) is 17.8 Å². The molecule has 0 saturated carbocycles. The summed E-state index contributed by atoms with van der Waals surface area (Å²) in [6, 6.07) is 2.59. The molecule has 0 spiro atoms. The van der Waals surface area contributed by atoms with E-state index < -0.39 is 11.1 Å². The van der Waals surface area contributed by atoms with E-state index in [4.69, 9.17) is 17.4 Å². The van der Waals surface area contributed by atoms with Gasteiger partial charge in [-0.05, 0) is 11.8 Å². The van der Waals surface area contributed by atoms with E-state index in [0.717, 1.165) is 6.07 Å². The Hall–Kier alpha value is -0.830. The second-order valence-corrected chi connectivity index (χ2v) is 4.74. The second kappa shape index (κ2) is 6.20. The summed E-state index contributed by atoms with van der Waals surface area (Å²) in [4.78, 5) is 12.1. The lowest BCUT2D eigenvalue weighted by atomic mass is 10.2. The van der Waals surface area contributed by atoms with Gasteiger partial charge < -0.3 is 15.6 Å². The summed E-state index contributed by atoms with van der Waals surface area (Å²) in [6.07, 6.45) is 0. The van der Waals surface area contributed by atoms with Crippen molar-refractivity contribution in [3.05, 3.63) is 33.1 Å². The molecule has 0 aliphatic rings. The molecule has 4 N–H and O–H groups in total. The predicted octanol–water partition coefficient (Wildman–Crippen LogP) is 0.568. The number of carbonyl (C=O) groups excluding carboxylic acids is 1. The normalized spacial score (nSPS) is 10.7. The van der Waals surface area contributed by atoms with Crippen molar-refractivity contribution in [2.75, 3.05) is 5.75 Å². The van der Waals surface area contributed by atoms with Gasteiger partial charge in [0.25, 0.3) is 5.91 Å². The smallest absolute Gasteiger partial charge is 0.266 e. The van der Waals surface area contributed by atoms with E-state index in [2.05, 4.69) is 0 Å². The van der Waals surface area contributed by atoms with E-state index in [-0.39, 0.29) is 16.3 Å². The quantitative estimate of drug-likeness (QED) is 0.323. The van der Waals surface area contributed by atoms with Gasteiger partial charge in [0.15, 0.2) is 5.69 Å². The summed E-state index contributed by atoms with van der Waals surface area (Å²) in [6.45, 7) is 1.90. The van der Waals surface area contributed by atoms with Crippen molar-refractivity contribution in [3.63, 3.8) is 0 Å². The first-order chi connectivity index (χ1) is 8.01. The third-order valence-corrected chi connectivity index (χ3v) is 3.21. The van der Waals surface area contributed by atoms with Crippen molar-refractivity contribution >= 4 is 35.0 Å². The number of benzene rings is 1. The van der Waals surface area contributed by atoms with Gasteiger partial charge in [0.05, 0.1) is 5.56 Å². The summed E-state index contributed by atoms with van der Waals surface area (Å²) < 4.78 is 0. The van der Waals surface area contributed by atoms with Crippen LogP contribution in [-0.4, -0.2) is 11.7 Å². The van der Waals surface area contributed by atoms with Crippen LogP contribution < -0.4 is 16.5 Å². The van der Waals surface area contributed by atoms with E-state index in [9.17, 15) is 15.2 Å². The molecular formula is C9H11ClN3O3S-. The van der Waals surface area contributed by atoms with Crippen LogP contribution in [0, 0.1) is 10.4 Å². The largest absolute Gasteiger partial charge is 0.628 e. The molecule has 0 bridgehead atoms. The first kappa shape index (κ1) is 14.2. The Morgan fingerprint density at radius 3 is 2.71 bits per heavy atom. The number of thioether (sulfide) groups is 1. The lowest BCUT2D eigenvalue weighted by Gasteiger charge is -2.26. The third-order valence-electron chi connectivity index (χ3n) is 1.96. The van der Waals surface area contributed by atoms with Gasteiger partial charge in [-0.15, -0.1) is 11.8 Å². The van der Waals surface area contributed by atoms with Crippen molar-refractivity contribution in [3.8, 4) is 0 Å². The van der Waals surface area contributed by atoms with Gasteiger partial charge in [-0.3, -0.25) is 10.2 Å². The number of amides is 1. The van der Waals surface area contributed by atoms with Gasteiger partial charge in [0, 0.05) is 11.0 Å². The van der Waals surface area contributed by atoms with Crippen LogP contribution in [0.4, 0.5) is 5.69 Å². The average Bonchev–Trinajstić information content (AvgIpc) is 2.28. The first-order valence-electron chi connectivity index (χ1n) is 4.69. The van der Waals surface area contributed by atoms with Crippen molar-refractivity contribution in [1.82, 2.24) is 5.43 Å². The van der Waals surface area contributed by atoms with Gasteiger partial charge in [-0.25, -0.2) is 5.84 Å². The van der Waals surface area contributed by atoms with Crippen LogP contribution in [0.2, 0.25) is 5.02 Å². The Morgan fingerprint density at radius 1 is 1.59 bits per heavy atom. The van der Waals surface area contributed by atoms with Crippen molar-refractivity contribution in [1.29, 1.82) is 0 Å². The predicted molar refractivity (Wildman–Crippen MR) is 66.9 cm³/mol. The molecule has 0 aliphatic carbocycles. The number of hydrogen-bond donors (Lipinski definition) is 3. The summed E-state index contributed by atoms with van der Waals surface area (Å²) >= 11 is 7.15. The second-order valence-electron chi connectivity index (χ2n) is 3.02. The number of carbonyl (C=O) groups is 1. The average molecular weight is 277 g/mol. The maximum absolute atomic E-state index is 11.5. The highest BCUT2D eigenvalue weighted by atomic mass is 35.5. The molecule has 1 amide bonds. The fourth-order valence-corrected chi connectivity index (χ4v) is 2.37. The Bertz CT molecular complexity index is 428. The number of rotatable bonds is 4. The molecule has 0 aromatic heterocycles. The Morgan fingerprint density at radius 2 is 2.24 bits per heavy atom. The molecule has 0 saturated heterocycles. The van der Waals surface area contributed by atoms with E-state index >= 15 is 0 Å². The van der Waals surface area contributed by atoms with Crippen molar-refractivity contribution < 1.29 is 10.0 Å². The molecule has 0 aliphatic heterocycles. The number of quaternary nitrogens is 1. The molecule has 0 unspecified atom stereocenters. The zero-order chi connectivity index (χ0) is 13.0. The molecule has 8 heteroatoms. The minimum absolute atomic E-state index is 0.0366. The topological polar surface area (TPSA) is 106 Å². The fourth-order valence-electron chi connectivity index (χ4n) is 1.24. The maximum Gasteiger partial charge on any atom is 0.266 e. The zero-order valence-electron chi connectivity index (χ0n) is 8.95. The molecule has 1 rings (SSSR count). The Balaban J connectivity index is 3.31. The minimum atomic E-state index is -1.44. The van der Waals surface area contributed by atoms with Gasteiger partial charge >= 0.3 is 0 Å². The SMILES string of the molecule is CCSc1cc(Cl)c([NH+]([O-])[O-])cc1C(=O)NN. The molecule has 1 aromatic rings. The van der Waals surface area contributed by atoms with Crippen LogP contribution in [0.1, 0.15) is 17.3 Å². The van der Waals surface area contributed by atoms with Crippen LogP contribution >= 0.6 is 23.4 Å². The molecule has 6 nitrogen and oxygen atoms in total. The number of hydrogen-bond acceptors (Lipinski definition) is 5. The summed E-state index contributed by atoms with van der Waals surface area (Å²) in [5.74, 6) is 5.17. The maximum atomic E-state index is 11.5. The van der Waals surface area contributed by atoms with Gasteiger partial charge in [0.2, 0.25) is 0 Å². The zero-order valence-corrected chi connectivity index (χ0v) is 10.5. The molecule has 0 radical (unpaired) electrons. The van der Waals surface area contributed by atoms with E-state index in [1.807, 2.05) is 12.3 Å². The van der Waals surface area contributed by atoms with E-state index in [0.29, 0.717) is 10.6 Å². The summed E-state index contributed by atoms with van der Waals surface area (Å²) in [7, 11) is 0. The van der Waals surface area contributed by atoms with Crippen molar-refractivity contribution in [2.24, 2.45) is 5.84 Å². The fraction of sp³-hybridized carbons (Fsp3) is 0.222. The number of nitrogens with one attached hydrogen (secondary N) is 2. The molecule has 0 heterocycles. The van der Waals surface area contributed by atoms with E-state index in [1.54, 1.807) is 0 Å². The van der Waals surface area contributed by atoms with Crippen LogP contribution in [0.15, 0.2) is 17.0 Å². The highest BCUT2D eigenvalue weighted by Gasteiger charge is 2.16. The van der Waals surface area contributed by atoms with Crippen LogP contribution in [-0.2, 0) is 0 Å². The molecule has 0 atom stereocenters. The van der Waals surface area contributed by atoms with Gasteiger partial charge in [-0.2, -0.15) is 0 Å². The summed E-state index contributed by atoms with van der Waals surface area (Å²) in [5, 5.41) is 20.2. The molecular weight excluding hydrogens is 266 g/mol. The lowest BCUT2D eigenvalue weighted by molar-refractivity contribution is -0.715. The molecule has 94 valence electrons. The number of nitrogens with two attached hydrogens (primary N) is 1. The lowest BCUT2D eigenvalue weighted by Crippen LogP contribution is -2.96. The molecule has 17 heavy (non-hydrogen) atoms. The Labute approximate surface area is 107 Å². The molecule has 0 fully saturated rings. The number of hydrazine groups is 1. The first-order valence-corrected chi connectivity index (χ1v) is 6.06. The van der Waals surface area contributed by atoms with Crippen LogP contribution in [0.3, 0.4) is 0 Å². The standard InChI is InChI=1S/C9H11ClN3O3S/c1-2-17-8-4-6(10)7(13(15)16)3-5(8)9(14)12-11/h3-4,13H,2,11H2,1H3,(H,12,14)/q-1. The number of halogens is 1. The van der Waals surface area contributed by atoms with Gasteiger partial charge in [0.1, 0.15) is 5.02 Å². The van der Waals surface area contributed by atoms with Gasteiger partial charge in [-0.1, -0.05) is 18.5 Å². The minimum Gasteiger partial charge on any atom is -0.628 e. The van der Waals surface area contributed by atoms with Crippen LogP contribution in [0.5, 0.6) is 0 Å². The Kier molecular flexibility index (Phi) is 5.19. The van der Waals surface area contributed by atoms with Crippen LogP contribution in [0.25, 0.3) is 0 Å². The number of nitrogen functional groups attached to an aromatic ring is 1. The monoisotopic (exact) mass is 276 g/mol. The highest BCUT2D eigenvalue weighted by Crippen LogP contribution is 2.30. The summed E-state index contributed by atoms with van der Waals surface area (Å²) in [5.41, 5.74) is 1.90. The highest BCUT2D eigenvalue weighted by molar-refractivity contribution is 7.99. The molecule has 1 aromatic carbocycles. The third kappa shape index (κ3) is 3.32.